The predicted octanol–water partition coefficient (Wildman–Crippen LogP) is 4.37. The normalized spacial score (nSPS) is 10.7. The standard InChI is InChI=1S/C22H19N5OS/c1-16-4-2-3-5-19(16)24-21(28)14-29-22-11-10-20(25-26-22)17-6-8-18(9-7-17)27-13-12-23-15-27/h2-13,15H,14H2,1H3,(H,24,28). The second-order valence-corrected chi connectivity index (χ2v) is 7.42. The van der Waals surface area contributed by atoms with Gasteiger partial charge in [-0.25, -0.2) is 4.98 Å². The van der Waals surface area contributed by atoms with Gasteiger partial charge >= 0.3 is 0 Å². The van der Waals surface area contributed by atoms with Crippen molar-refractivity contribution in [1.82, 2.24) is 19.7 Å². The van der Waals surface area contributed by atoms with Gasteiger partial charge in [0.25, 0.3) is 0 Å². The summed E-state index contributed by atoms with van der Waals surface area (Å²) < 4.78 is 1.94. The van der Waals surface area contributed by atoms with E-state index in [0.29, 0.717) is 5.03 Å². The third-order valence-electron chi connectivity index (χ3n) is 4.38. The smallest absolute Gasteiger partial charge is 0.234 e. The van der Waals surface area contributed by atoms with Crippen molar-refractivity contribution in [2.24, 2.45) is 0 Å². The maximum Gasteiger partial charge on any atom is 0.234 e. The summed E-state index contributed by atoms with van der Waals surface area (Å²) >= 11 is 1.36. The van der Waals surface area contributed by atoms with Gasteiger partial charge in [-0.3, -0.25) is 4.79 Å². The van der Waals surface area contributed by atoms with Crippen LogP contribution in [0.4, 0.5) is 5.69 Å². The van der Waals surface area contributed by atoms with E-state index >= 15 is 0 Å². The van der Waals surface area contributed by atoms with Crippen LogP contribution in [-0.4, -0.2) is 31.4 Å². The van der Waals surface area contributed by atoms with Gasteiger partial charge in [0.05, 0.1) is 17.8 Å². The van der Waals surface area contributed by atoms with Crippen LogP contribution in [0.25, 0.3) is 16.9 Å². The topological polar surface area (TPSA) is 72.7 Å². The Morgan fingerprint density at radius 2 is 1.86 bits per heavy atom. The summed E-state index contributed by atoms with van der Waals surface area (Å²) in [6.07, 6.45) is 5.41. The van der Waals surface area contributed by atoms with Crippen molar-refractivity contribution in [2.45, 2.75) is 11.9 Å². The highest BCUT2D eigenvalue weighted by Crippen LogP contribution is 2.22. The third-order valence-corrected chi connectivity index (χ3v) is 5.30. The van der Waals surface area contributed by atoms with Gasteiger partial charge in [0.1, 0.15) is 5.03 Å². The minimum atomic E-state index is -0.0646. The molecule has 0 saturated carbocycles. The number of amides is 1. The molecular weight excluding hydrogens is 382 g/mol. The molecule has 0 aliphatic heterocycles. The number of anilines is 1. The van der Waals surface area contributed by atoms with Crippen LogP contribution in [-0.2, 0) is 4.79 Å². The van der Waals surface area contributed by atoms with Crippen molar-refractivity contribution in [1.29, 1.82) is 0 Å². The Morgan fingerprint density at radius 3 is 2.55 bits per heavy atom. The van der Waals surface area contributed by atoms with Crippen molar-refractivity contribution in [2.75, 3.05) is 11.1 Å². The molecule has 0 aliphatic rings. The zero-order chi connectivity index (χ0) is 20.1. The Bertz CT molecular complexity index is 1090. The average Bonchev–Trinajstić information content (AvgIpc) is 3.29. The molecule has 6 nitrogen and oxygen atoms in total. The maximum atomic E-state index is 12.2. The average molecular weight is 401 g/mol. The Balaban J connectivity index is 1.35. The van der Waals surface area contributed by atoms with Crippen LogP contribution in [0.5, 0.6) is 0 Å². The Labute approximate surface area is 173 Å². The molecule has 2 aromatic heterocycles. The minimum absolute atomic E-state index is 0.0646. The van der Waals surface area contributed by atoms with Gasteiger partial charge in [-0.1, -0.05) is 42.1 Å². The molecule has 1 amide bonds. The molecule has 0 bridgehead atoms. The van der Waals surface area contributed by atoms with Crippen molar-refractivity contribution in [3.63, 3.8) is 0 Å². The number of benzene rings is 2. The van der Waals surface area contributed by atoms with E-state index in [0.717, 1.165) is 28.2 Å². The summed E-state index contributed by atoms with van der Waals surface area (Å²) in [5, 5.41) is 12.2. The summed E-state index contributed by atoms with van der Waals surface area (Å²) in [5.74, 6) is 0.215. The fourth-order valence-electron chi connectivity index (χ4n) is 2.81. The number of aromatic nitrogens is 4. The second-order valence-electron chi connectivity index (χ2n) is 6.43. The molecule has 144 valence electrons. The number of hydrogen-bond donors (Lipinski definition) is 1. The first-order chi connectivity index (χ1) is 14.2. The lowest BCUT2D eigenvalue weighted by atomic mass is 10.1. The maximum absolute atomic E-state index is 12.2. The first kappa shape index (κ1) is 18.9. The summed E-state index contributed by atoms with van der Waals surface area (Å²) in [6.45, 7) is 1.97. The number of carbonyl (C=O) groups is 1. The summed E-state index contributed by atoms with van der Waals surface area (Å²) in [7, 11) is 0. The molecule has 1 N–H and O–H groups in total. The lowest BCUT2D eigenvalue weighted by molar-refractivity contribution is -0.113. The molecule has 0 fully saturated rings. The second kappa shape index (κ2) is 8.70. The Hall–Kier alpha value is -3.45. The molecule has 0 radical (unpaired) electrons. The molecule has 0 unspecified atom stereocenters. The van der Waals surface area contributed by atoms with E-state index in [-0.39, 0.29) is 11.7 Å². The monoisotopic (exact) mass is 401 g/mol. The van der Waals surface area contributed by atoms with Crippen LogP contribution >= 0.6 is 11.8 Å². The SMILES string of the molecule is Cc1ccccc1NC(=O)CSc1ccc(-c2ccc(-n3ccnc3)cc2)nn1. The first-order valence-corrected chi connectivity index (χ1v) is 10.1. The van der Waals surface area contributed by atoms with Crippen LogP contribution in [0.1, 0.15) is 5.56 Å². The molecule has 7 heteroatoms. The number of nitrogens with one attached hydrogen (secondary N) is 1. The van der Waals surface area contributed by atoms with Crippen molar-refractivity contribution in [3.05, 3.63) is 84.9 Å². The highest BCUT2D eigenvalue weighted by Gasteiger charge is 2.07. The zero-order valence-electron chi connectivity index (χ0n) is 15.8. The van der Waals surface area contributed by atoms with Crippen LogP contribution in [0.15, 0.2) is 84.4 Å². The number of carbonyl (C=O) groups excluding carboxylic acids is 1. The Kier molecular flexibility index (Phi) is 5.67. The predicted molar refractivity (Wildman–Crippen MR) is 115 cm³/mol. The van der Waals surface area contributed by atoms with Crippen LogP contribution in [0, 0.1) is 6.92 Å². The van der Waals surface area contributed by atoms with Crippen molar-refractivity contribution in [3.8, 4) is 16.9 Å². The largest absolute Gasteiger partial charge is 0.325 e. The molecule has 0 aliphatic carbocycles. The molecule has 2 heterocycles. The molecule has 0 saturated heterocycles. The van der Waals surface area contributed by atoms with Gasteiger partial charge in [-0.05, 0) is 42.8 Å². The summed E-state index contributed by atoms with van der Waals surface area (Å²) in [4.78, 5) is 16.2. The van der Waals surface area contributed by atoms with E-state index in [9.17, 15) is 4.79 Å². The number of hydrogen-bond acceptors (Lipinski definition) is 5. The number of nitrogens with zero attached hydrogens (tertiary/aromatic N) is 4. The number of para-hydroxylation sites is 1. The van der Waals surface area contributed by atoms with Crippen LogP contribution in [0.2, 0.25) is 0 Å². The highest BCUT2D eigenvalue weighted by molar-refractivity contribution is 7.99. The van der Waals surface area contributed by atoms with Gasteiger partial charge < -0.3 is 9.88 Å². The highest BCUT2D eigenvalue weighted by atomic mass is 32.2. The fraction of sp³-hybridized carbons (Fsp3) is 0.0909. The first-order valence-electron chi connectivity index (χ1n) is 9.10. The minimum Gasteiger partial charge on any atom is -0.325 e. The summed E-state index contributed by atoms with van der Waals surface area (Å²) in [5.41, 5.74) is 4.67. The van der Waals surface area contributed by atoms with E-state index in [2.05, 4.69) is 20.5 Å². The summed E-state index contributed by atoms with van der Waals surface area (Å²) in [6, 6.07) is 19.5. The van der Waals surface area contributed by atoms with E-state index in [1.165, 1.54) is 11.8 Å². The van der Waals surface area contributed by atoms with Gasteiger partial charge in [-0.15, -0.1) is 10.2 Å². The molecule has 4 aromatic rings. The van der Waals surface area contributed by atoms with Gasteiger partial charge in [0, 0.05) is 29.3 Å². The number of imidazole rings is 1. The van der Waals surface area contributed by atoms with E-state index in [1.54, 1.807) is 12.5 Å². The zero-order valence-corrected chi connectivity index (χ0v) is 16.6. The van der Waals surface area contributed by atoms with Crippen molar-refractivity contribution < 1.29 is 4.79 Å². The molecule has 29 heavy (non-hydrogen) atoms. The fourth-order valence-corrected chi connectivity index (χ4v) is 3.42. The molecular formula is C22H19N5OS. The van der Waals surface area contributed by atoms with E-state index in [4.69, 9.17) is 0 Å². The number of aryl methyl sites for hydroxylation is 1. The van der Waals surface area contributed by atoms with Gasteiger partial charge in [0.2, 0.25) is 5.91 Å². The quantitative estimate of drug-likeness (QED) is 0.486. The lowest BCUT2D eigenvalue weighted by Gasteiger charge is -2.08. The Morgan fingerprint density at radius 1 is 1.03 bits per heavy atom. The van der Waals surface area contributed by atoms with Gasteiger partial charge in [-0.2, -0.15) is 0 Å². The van der Waals surface area contributed by atoms with Crippen LogP contribution in [0.3, 0.4) is 0 Å². The lowest BCUT2D eigenvalue weighted by Crippen LogP contribution is -2.14. The molecule has 0 atom stereocenters. The molecule has 0 spiro atoms. The number of thioether (sulfide) groups is 1. The number of rotatable bonds is 6. The van der Waals surface area contributed by atoms with Crippen LogP contribution < -0.4 is 5.32 Å². The van der Waals surface area contributed by atoms with E-state index in [1.807, 2.05) is 78.4 Å². The third kappa shape index (κ3) is 4.70. The molecule has 4 rings (SSSR count). The van der Waals surface area contributed by atoms with Gasteiger partial charge in [0.15, 0.2) is 0 Å². The van der Waals surface area contributed by atoms with Crippen molar-refractivity contribution >= 4 is 23.4 Å². The molecule has 2 aromatic carbocycles. The van der Waals surface area contributed by atoms with E-state index < -0.39 is 0 Å².